The quantitative estimate of drug-likeness (QED) is 0.364. The fourth-order valence-corrected chi connectivity index (χ4v) is 2.53. The fourth-order valence-electron chi connectivity index (χ4n) is 2.14. The Bertz CT molecular complexity index is 173. The zero-order valence-corrected chi connectivity index (χ0v) is 8.45. The first-order valence-electron chi connectivity index (χ1n) is 4.03. The van der Waals surface area contributed by atoms with Crippen LogP contribution < -0.4 is 5.32 Å². The van der Waals surface area contributed by atoms with E-state index in [0.717, 1.165) is 24.9 Å². The third kappa shape index (κ3) is 1.38. The van der Waals surface area contributed by atoms with E-state index in [4.69, 9.17) is 0 Å². The van der Waals surface area contributed by atoms with Crippen molar-refractivity contribution < 1.29 is 10.1 Å². The molecule has 0 bridgehead atoms. The number of likely N-dealkylation sites (tertiary alicyclic amines) is 1. The van der Waals surface area contributed by atoms with Crippen LogP contribution in [0.1, 0.15) is 0 Å². The van der Waals surface area contributed by atoms with E-state index >= 15 is 0 Å². The molecule has 0 saturated carbocycles. The normalized spacial score (nSPS) is 35.9. The summed E-state index contributed by atoms with van der Waals surface area (Å²) in [5, 5.41) is 2.37. The van der Waals surface area contributed by atoms with Crippen LogP contribution in [0.4, 0.5) is 4.79 Å². The molecule has 2 aliphatic heterocycles. The smallest absolute Gasteiger partial charge is 0.283 e. The molecule has 2 N–H and O–H groups in total. The maximum Gasteiger partial charge on any atom is 0.283 e. The lowest BCUT2D eigenvalue weighted by Gasteiger charge is -2.11. The second-order valence-electron chi connectivity index (χ2n) is 3.44. The molecule has 11 heavy (non-hydrogen) atoms. The van der Waals surface area contributed by atoms with E-state index in [-0.39, 0.29) is 3.91 Å². The molecule has 0 radical (unpaired) electrons. The second kappa shape index (κ2) is 2.90. The number of halogens is 1. The monoisotopic (exact) mass is 267 g/mol. The second-order valence-corrected chi connectivity index (χ2v) is 4.36. The van der Waals surface area contributed by atoms with E-state index in [1.165, 1.54) is 13.1 Å². The van der Waals surface area contributed by atoms with Gasteiger partial charge in [-0.2, -0.15) is 0 Å². The van der Waals surface area contributed by atoms with Crippen LogP contribution >= 0.6 is 22.6 Å². The summed E-state index contributed by atoms with van der Waals surface area (Å²) in [4.78, 5) is 13.0. The van der Waals surface area contributed by atoms with Crippen molar-refractivity contribution in [3.8, 4) is 0 Å². The molecule has 0 aliphatic carbocycles. The van der Waals surface area contributed by atoms with Crippen LogP contribution in [0.15, 0.2) is 0 Å². The summed E-state index contributed by atoms with van der Waals surface area (Å²) in [5.74, 6) is 1.57. The summed E-state index contributed by atoms with van der Waals surface area (Å²) in [6, 6.07) is 0. The lowest BCUT2D eigenvalue weighted by Crippen LogP contribution is -2.82. The molecule has 2 saturated heterocycles. The van der Waals surface area contributed by atoms with Gasteiger partial charge in [-0.05, 0) is 0 Å². The Morgan fingerprint density at radius 3 is 2.36 bits per heavy atom. The Morgan fingerprint density at radius 1 is 1.36 bits per heavy atom. The molecule has 62 valence electrons. The minimum atomic E-state index is 0.219. The number of rotatable bonds is 0. The summed E-state index contributed by atoms with van der Waals surface area (Å²) >= 11 is 1.88. The maximum absolute atomic E-state index is 11.0. The number of nitrogens with two attached hydrogens (primary N) is 1. The van der Waals surface area contributed by atoms with Gasteiger partial charge in [0, 0.05) is 47.5 Å². The van der Waals surface area contributed by atoms with E-state index in [2.05, 4.69) is 5.32 Å². The topological polar surface area (TPSA) is 36.9 Å². The molecule has 4 heteroatoms. The van der Waals surface area contributed by atoms with Crippen molar-refractivity contribution in [2.45, 2.75) is 0 Å². The van der Waals surface area contributed by atoms with Crippen molar-refractivity contribution in [1.29, 1.82) is 0 Å². The van der Waals surface area contributed by atoms with E-state index in [0.29, 0.717) is 0 Å². The molecule has 2 fully saturated rings. The number of hydrogen-bond donors (Lipinski definition) is 1. The number of fused-ring (bicyclic) bond motifs is 1. The number of hydrogen-bond acceptors (Lipinski definition) is 1. The predicted molar refractivity (Wildman–Crippen MR) is 49.6 cm³/mol. The van der Waals surface area contributed by atoms with Crippen molar-refractivity contribution >= 4 is 26.5 Å². The summed E-state index contributed by atoms with van der Waals surface area (Å²) in [5.41, 5.74) is 0. The van der Waals surface area contributed by atoms with Crippen LogP contribution in [0.25, 0.3) is 0 Å². The van der Waals surface area contributed by atoms with E-state index < -0.39 is 0 Å². The first-order valence-corrected chi connectivity index (χ1v) is 5.11. The largest absolute Gasteiger partial charge is 0.346 e. The summed E-state index contributed by atoms with van der Waals surface area (Å²) in [6.07, 6.45) is 0. The van der Waals surface area contributed by atoms with Crippen LogP contribution in [0, 0.1) is 11.8 Å². The zero-order valence-electron chi connectivity index (χ0n) is 6.29. The lowest BCUT2D eigenvalue weighted by molar-refractivity contribution is -0.640. The summed E-state index contributed by atoms with van der Waals surface area (Å²) in [7, 11) is 0. The Balaban J connectivity index is 1.99. The first kappa shape index (κ1) is 7.79. The van der Waals surface area contributed by atoms with Gasteiger partial charge in [-0.1, -0.05) is 0 Å². The highest BCUT2D eigenvalue weighted by atomic mass is 127. The number of nitrogens with zero attached hydrogens (tertiary/aromatic N) is 1. The maximum atomic E-state index is 11.0. The van der Waals surface area contributed by atoms with E-state index in [1.807, 2.05) is 27.5 Å². The molecule has 0 aromatic heterocycles. The predicted octanol–water partition coefficient (Wildman–Crippen LogP) is -0.334. The molecule has 0 aromatic carbocycles. The van der Waals surface area contributed by atoms with E-state index in [1.54, 1.807) is 0 Å². The molecule has 2 aliphatic rings. The average Bonchev–Trinajstić information content (AvgIpc) is 2.40. The standard InChI is InChI=1S/C7H11IN2O/c8-7(11)10-3-5-1-9-2-6(5)4-10/h5-6,9H,1-4H2/p+1. The molecule has 1 amide bonds. The molecule has 2 atom stereocenters. The van der Waals surface area contributed by atoms with Gasteiger partial charge >= 0.3 is 0 Å². The summed E-state index contributed by atoms with van der Waals surface area (Å²) < 4.78 is 0.219. The van der Waals surface area contributed by atoms with Crippen molar-refractivity contribution in [3.63, 3.8) is 0 Å². The summed E-state index contributed by atoms with van der Waals surface area (Å²) in [6.45, 7) is 4.46. The van der Waals surface area contributed by atoms with Gasteiger partial charge in [-0.25, -0.2) is 0 Å². The Labute approximate surface area is 79.7 Å². The lowest BCUT2D eigenvalue weighted by atomic mass is 10.0. The number of quaternary nitrogens is 1. The highest BCUT2D eigenvalue weighted by molar-refractivity contribution is 14.1. The van der Waals surface area contributed by atoms with Gasteiger partial charge in [0.25, 0.3) is 3.91 Å². The van der Waals surface area contributed by atoms with Crippen LogP contribution in [0.3, 0.4) is 0 Å². The Kier molecular flexibility index (Phi) is 2.05. The van der Waals surface area contributed by atoms with Crippen LogP contribution in [0.5, 0.6) is 0 Å². The first-order chi connectivity index (χ1) is 5.27. The van der Waals surface area contributed by atoms with Gasteiger partial charge < -0.3 is 10.2 Å². The minimum absolute atomic E-state index is 0.219. The number of carbonyl (C=O) groups is 1. The highest BCUT2D eigenvalue weighted by Crippen LogP contribution is 2.24. The SMILES string of the molecule is O=C(I)N1CC2C[NH2+]CC2C1. The molecular formula is C7H12IN2O+. The Morgan fingerprint density at radius 2 is 1.91 bits per heavy atom. The molecule has 3 nitrogen and oxygen atoms in total. The molecule has 0 spiro atoms. The van der Waals surface area contributed by atoms with Crippen LogP contribution in [-0.4, -0.2) is 35.0 Å². The third-order valence-electron chi connectivity index (χ3n) is 2.76. The molecule has 0 aromatic rings. The molecule has 2 rings (SSSR count). The van der Waals surface area contributed by atoms with Gasteiger partial charge in [0.1, 0.15) is 0 Å². The van der Waals surface area contributed by atoms with Crippen molar-refractivity contribution in [1.82, 2.24) is 4.90 Å². The third-order valence-corrected chi connectivity index (χ3v) is 3.45. The highest BCUT2D eigenvalue weighted by Gasteiger charge is 2.40. The Hall–Kier alpha value is 0.160. The number of carbonyl (C=O) groups excluding carboxylic acids is 1. The van der Waals surface area contributed by atoms with Crippen LogP contribution in [-0.2, 0) is 0 Å². The fraction of sp³-hybridized carbons (Fsp3) is 0.857. The molecular weight excluding hydrogens is 255 g/mol. The van der Waals surface area contributed by atoms with Gasteiger partial charge in [-0.15, -0.1) is 0 Å². The zero-order chi connectivity index (χ0) is 7.84. The van der Waals surface area contributed by atoms with Crippen molar-refractivity contribution in [2.75, 3.05) is 26.2 Å². The average molecular weight is 267 g/mol. The van der Waals surface area contributed by atoms with Gasteiger partial charge in [0.2, 0.25) is 0 Å². The van der Waals surface area contributed by atoms with E-state index in [9.17, 15) is 4.79 Å². The molecule has 2 heterocycles. The minimum Gasteiger partial charge on any atom is -0.346 e. The molecule has 2 unspecified atom stereocenters. The van der Waals surface area contributed by atoms with Gasteiger partial charge in [0.15, 0.2) is 0 Å². The van der Waals surface area contributed by atoms with Crippen molar-refractivity contribution in [3.05, 3.63) is 0 Å². The van der Waals surface area contributed by atoms with Gasteiger partial charge in [-0.3, -0.25) is 4.79 Å². The number of amides is 1. The van der Waals surface area contributed by atoms with Gasteiger partial charge in [0.05, 0.1) is 13.1 Å². The van der Waals surface area contributed by atoms with Crippen molar-refractivity contribution in [2.24, 2.45) is 11.8 Å². The van der Waals surface area contributed by atoms with Crippen LogP contribution in [0.2, 0.25) is 0 Å².